The van der Waals surface area contributed by atoms with Gasteiger partial charge >= 0.3 is 6.09 Å². The molecule has 16 heavy (non-hydrogen) atoms. The number of alkyl carbamates (subject to hydrolysis) is 1. The van der Waals surface area contributed by atoms with E-state index in [-0.39, 0.29) is 6.61 Å². The second kappa shape index (κ2) is 5.76. The molecule has 0 aliphatic carbocycles. The highest BCUT2D eigenvalue weighted by atomic mass is 16.6. The zero-order valence-corrected chi connectivity index (χ0v) is 10.7. The molecule has 1 N–H and O–H groups in total. The van der Waals surface area contributed by atoms with Crippen molar-refractivity contribution >= 4 is 6.09 Å². The van der Waals surface area contributed by atoms with Crippen LogP contribution in [-0.2, 0) is 9.47 Å². The highest BCUT2D eigenvalue weighted by Gasteiger charge is 2.24. The van der Waals surface area contributed by atoms with Gasteiger partial charge < -0.3 is 14.8 Å². The molecule has 92 valence electrons. The van der Waals surface area contributed by atoms with Gasteiger partial charge in [-0.05, 0) is 34.6 Å². The second-order valence-electron chi connectivity index (χ2n) is 5.21. The van der Waals surface area contributed by atoms with Crippen molar-refractivity contribution in [2.45, 2.75) is 45.8 Å². The first-order valence-electron chi connectivity index (χ1n) is 5.19. The molecule has 0 spiro atoms. The molecule has 0 fully saturated rings. The molecule has 0 aromatic carbocycles. The summed E-state index contributed by atoms with van der Waals surface area (Å²) in [6.45, 7) is 9.70. The first-order chi connectivity index (χ1) is 7.16. The van der Waals surface area contributed by atoms with Crippen molar-refractivity contribution in [3.8, 4) is 12.3 Å². The summed E-state index contributed by atoms with van der Waals surface area (Å²) in [6.07, 6.45) is 4.60. The molecule has 0 aromatic rings. The minimum absolute atomic E-state index is 0.236. The lowest BCUT2D eigenvalue weighted by atomic mass is 10.1. The van der Waals surface area contributed by atoms with Crippen molar-refractivity contribution in [1.29, 1.82) is 0 Å². The Labute approximate surface area is 97.7 Å². The zero-order valence-electron chi connectivity index (χ0n) is 10.7. The summed E-state index contributed by atoms with van der Waals surface area (Å²) < 4.78 is 10.3. The van der Waals surface area contributed by atoms with E-state index in [4.69, 9.17) is 15.9 Å². The van der Waals surface area contributed by atoms with E-state index in [1.54, 1.807) is 0 Å². The zero-order chi connectivity index (χ0) is 12.8. The van der Waals surface area contributed by atoms with Crippen LogP contribution >= 0.6 is 0 Å². The first-order valence-corrected chi connectivity index (χ1v) is 5.19. The van der Waals surface area contributed by atoms with Gasteiger partial charge in [0.2, 0.25) is 0 Å². The van der Waals surface area contributed by atoms with Gasteiger partial charge in [0.25, 0.3) is 0 Å². The topological polar surface area (TPSA) is 47.6 Å². The van der Waals surface area contributed by atoms with Gasteiger partial charge in [-0.2, -0.15) is 0 Å². The Bertz CT molecular complexity index is 271. The largest absolute Gasteiger partial charge is 0.444 e. The molecular formula is C12H21NO3. The third-order valence-corrected chi connectivity index (χ3v) is 1.49. The number of carbonyl (C=O) groups excluding carboxylic acids is 1. The summed E-state index contributed by atoms with van der Waals surface area (Å²) in [5.41, 5.74) is -1.00. The fourth-order valence-corrected chi connectivity index (χ4v) is 0.981. The summed E-state index contributed by atoms with van der Waals surface area (Å²) in [7, 11) is 0. The lowest BCUT2D eigenvalue weighted by Gasteiger charge is -2.28. The minimum atomic E-state index is -0.501. The molecule has 4 nitrogen and oxygen atoms in total. The van der Waals surface area contributed by atoms with E-state index in [2.05, 4.69) is 11.2 Å². The second-order valence-corrected chi connectivity index (χ2v) is 5.21. The van der Waals surface area contributed by atoms with Crippen LogP contribution in [-0.4, -0.2) is 30.4 Å². The van der Waals surface area contributed by atoms with Crippen LogP contribution in [0.2, 0.25) is 0 Å². The molecule has 0 bridgehead atoms. The number of rotatable bonds is 4. The molecule has 0 aliphatic heterocycles. The van der Waals surface area contributed by atoms with Gasteiger partial charge in [0.05, 0.1) is 12.1 Å². The maximum Gasteiger partial charge on any atom is 0.408 e. The van der Waals surface area contributed by atoms with Gasteiger partial charge in [0.1, 0.15) is 12.2 Å². The Morgan fingerprint density at radius 3 is 2.31 bits per heavy atom. The highest BCUT2D eigenvalue weighted by Crippen LogP contribution is 2.09. The van der Waals surface area contributed by atoms with E-state index in [1.165, 1.54) is 0 Å². The molecule has 0 aromatic heterocycles. The van der Waals surface area contributed by atoms with Gasteiger partial charge in [-0.1, -0.05) is 5.92 Å². The maximum absolute atomic E-state index is 11.5. The Morgan fingerprint density at radius 1 is 1.31 bits per heavy atom. The minimum Gasteiger partial charge on any atom is -0.444 e. The molecule has 0 rings (SSSR count). The lowest BCUT2D eigenvalue weighted by molar-refractivity contribution is 0.0381. The lowest BCUT2D eigenvalue weighted by Crippen LogP contribution is -2.48. The monoisotopic (exact) mass is 227 g/mol. The normalized spacial score (nSPS) is 11.8. The first kappa shape index (κ1) is 14.8. The third kappa shape index (κ3) is 8.13. The fraction of sp³-hybridized carbons (Fsp3) is 0.750. The number of carbonyl (C=O) groups is 1. The molecule has 0 heterocycles. The summed E-state index contributed by atoms with van der Waals surface area (Å²) in [5.74, 6) is 2.37. The van der Waals surface area contributed by atoms with Crippen molar-refractivity contribution in [2.24, 2.45) is 0 Å². The van der Waals surface area contributed by atoms with Crippen LogP contribution in [0.4, 0.5) is 4.79 Å². The molecule has 1 amide bonds. The van der Waals surface area contributed by atoms with Gasteiger partial charge in [0, 0.05) is 0 Å². The fourth-order valence-electron chi connectivity index (χ4n) is 0.981. The number of hydrogen-bond acceptors (Lipinski definition) is 3. The van der Waals surface area contributed by atoms with Crippen LogP contribution in [0.15, 0.2) is 0 Å². The van der Waals surface area contributed by atoms with Crippen LogP contribution in [0.5, 0.6) is 0 Å². The molecule has 0 radical (unpaired) electrons. The average molecular weight is 227 g/mol. The molecule has 0 saturated heterocycles. The molecule has 4 heteroatoms. The van der Waals surface area contributed by atoms with Gasteiger partial charge in [0.15, 0.2) is 0 Å². The summed E-state index contributed by atoms with van der Waals surface area (Å²) in [5, 5.41) is 2.72. The number of ether oxygens (including phenoxy) is 2. The third-order valence-electron chi connectivity index (χ3n) is 1.49. The Hall–Kier alpha value is -1.21. The Balaban J connectivity index is 4.06. The van der Waals surface area contributed by atoms with Crippen molar-refractivity contribution in [1.82, 2.24) is 5.32 Å². The Morgan fingerprint density at radius 2 is 1.88 bits per heavy atom. The number of nitrogens with one attached hydrogen (secondary N) is 1. The molecule has 0 atom stereocenters. The van der Waals surface area contributed by atoms with Crippen LogP contribution in [0.3, 0.4) is 0 Å². The molecular weight excluding hydrogens is 206 g/mol. The van der Waals surface area contributed by atoms with E-state index < -0.39 is 17.2 Å². The maximum atomic E-state index is 11.5. The smallest absolute Gasteiger partial charge is 0.408 e. The van der Waals surface area contributed by atoms with E-state index >= 15 is 0 Å². The van der Waals surface area contributed by atoms with Gasteiger partial charge in [-0.25, -0.2) is 4.79 Å². The molecule has 0 unspecified atom stereocenters. The molecule has 0 saturated carbocycles. The number of terminal acetylenes is 1. The van der Waals surface area contributed by atoms with Crippen LogP contribution in [0, 0.1) is 12.3 Å². The standard InChI is InChI=1S/C12H21NO3/c1-7-8-15-9-12(5,6)13-10(14)16-11(2,3)4/h1H,8-9H2,2-6H3,(H,13,14). The van der Waals surface area contributed by atoms with Crippen molar-refractivity contribution in [3.05, 3.63) is 0 Å². The summed E-state index contributed by atoms with van der Waals surface area (Å²) >= 11 is 0. The number of hydrogen-bond donors (Lipinski definition) is 1. The highest BCUT2D eigenvalue weighted by molar-refractivity contribution is 5.68. The van der Waals surface area contributed by atoms with Crippen LogP contribution in [0.1, 0.15) is 34.6 Å². The number of amides is 1. The van der Waals surface area contributed by atoms with E-state index in [9.17, 15) is 4.79 Å². The SMILES string of the molecule is C#CCOCC(C)(C)NC(=O)OC(C)(C)C. The van der Waals surface area contributed by atoms with Gasteiger partial charge in [-0.15, -0.1) is 6.42 Å². The van der Waals surface area contributed by atoms with Crippen molar-refractivity contribution in [3.63, 3.8) is 0 Å². The predicted octanol–water partition coefficient (Wildman–Crippen LogP) is 1.94. The van der Waals surface area contributed by atoms with Crippen molar-refractivity contribution < 1.29 is 14.3 Å². The van der Waals surface area contributed by atoms with E-state index in [0.717, 1.165) is 0 Å². The predicted molar refractivity (Wildman–Crippen MR) is 63.1 cm³/mol. The Kier molecular flexibility index (Phi) is 5.32. The average Bonchev–Trinajstić information content (AvgIpc) is 1.98. The molecule has 0 aliphatic rings. The van der Waals surface area contributed by atoms with E-state index in [1.807, 2.05) is 34.6 Å². The van der Waals surface area contributed by atoms with Crippen molar-refractivity contribution in [2.75, 3.05) is 13.2 Å². The summed E-state index contributed by atoms with van der Waals surface area (Å²) in [6, 6.07) is 0. The summed E-state index contributed by atoms with van der Waals surface area (Å²) in [4.78, 5) is 11.5. The van der Waals surface area contributed by atoms with Gasteiger partial charge in [-0.3, -0.25) is 0 Å². The van der Waals surface area contributed by atoms with Crippen LogP contribution in [0.25, 0.3) is 0 Å². The van der Waals surface area contributed by atoms with E-state index in [0.29, 0.717) is 6.61 Å². The van der Waals surface area contributed by atoms with Crippen LogP contribution < -0.4 is 5.32 Å². The quantitative estimate of drug-likeness (QED) is 0.590.